The highest BCUT2D eigenvalue weighted by molar-refractivity contribution is 5.42. The van der Waals surface area contributed by atoms with Crippen molar-refractivity contribution in [2.24, 2.45) is 0 Å². The Morgan fingerprint density at radius 2 is 1.48 bits per heavy atom. The number of methoxy groups -OCH3 is 1. The van der Waals surface area contributed by atoms with E-state index in [4.69, 9.17) is 9.84 Å². The first kappa shape index (κ1) is 15.9. The van der Waals surface area contributed by atoms with E-state index in [-0.39, 0.29) is 17.1 Å². The monoisotopic (exact) mass is 292 g/mol. The van der Waals surface area contributed by atoms with Gasteiger partial charge in [-0.3, -0.25) is 20.2 Å². The van der Waals surface area contributed by atoms with Crippen LogP contribution >= 0.6 is 0 Å². The molecule has 0 radical (unpaired) electrons. The quantitative estimate of drug-likeness (QED) is 0.686. The molecule has 0 unspecified atom stereocenters. The molecule has 8 nitrogen and oxygen atoms in total. The fraction of sp³-hybridized carbons (Fsp3) is 0.0769. The van der Waals surface area contributed by atoms with Gasteiger partial charge in [0.25, 0.3) is 11.4 Å². The van der Waals surface area contributed by atoms with Crippen molar-refractivity contribution in [3.8, 4) is 11.5 Å². The molecular weight excluding hydrogens is 280 g/mol. The van der Waals surface area contributed by atoms with E-state index >= 15 is 0 Å². The minimum Gasteiger partial charge on any atom is -0.508 e. The minimum absolute atomic E-state index is 0.231. The highest BCUT2D eigenvalue weighted by Gasteiger charge is 2.11. The molecule has 0 saturated carbocycles. The first-order valence-electron chi connectivity index (χ1n) is 5.66. The SMILES string of the molecule is COc1cccc(O)c1.O=[N+]([O-])c1cccc([N+](=O)[O-])c1. The summed E-state index contributed by atoms with van der Waals surface area (Å²) < 4.78 is 4.84. The summed E-state index contributed by atoms with van der Waals surface area (Å²) in [6.45, 7) is 0. The molecule has 8 heteroatoms. The van der Waals surface area contributed by atoms with Gasteiger partial charge in [0.2, 0.25) is 0 Å². The number of hydrogen-bond acceptors (Lipinski definition) is 6. The van der Waals surface area contributed by atoms with Gasteiger partial charge in [-0.1, -0.05) is 6.07 Å². The number of rotatable bonds is 3. The van der Waals surface area contributed by atoms with Crippen LogP contribution in [0.2, 0.25) is 0 Å². The van der Waals surface area contributed by atoms with Crippen LogP contribution in [0.25, 0.3) is 0 Å². The Morgan fingerprint density at radius 1 is 0.952 bits per heavy atom. The summed E-state index contributed by atoms with van der Waals surface area (Å²) in [5.74, 6) is 0.907. The van der Waals surface area contributed by atoms with Gasteiger partial charge in [0.15, 0.2) is 0 Å². The van der Waals surface area contributed by atoms with E-state index in [1.54, 1.807) is 31.4 Å². The van der Waals surface area contributed by atoms with Crippen LogP contribution in [-0.2, 0) is 0 Å². The largest absolute Gasteiger partial charge is 0.508 e. The lowest BCUT2D eigenvalue weighted by atomic mass is 10.3. The van der Waals surface area contributed by atoms with Gasteiger partial charge in [0.05, 0.1) is 23.0 Å². The van der Waals surface area contributed by atoms with Crippen LogP contribution < -0.4 is 4.74 Å². The Bertz CT molecular complexity index is 615. The van der Waals surface area contributed by atoms with Gasteiger partial charge in [-0.15, -0.1) is 0 Å². The van der Waals surface area contributed by atoms with Gasteiger partial charge in [0, 0.05) is 18.2 Å². The van der Waals surface area contributed by atoms with Gasteiger partial charge in [0.1, 0.15) is 11.5 Å². The smallest absolute Gasteiger partial charge is 0.276 e. The molecule has 2 rings (SSSR count). The number of nitro benzene ring substituents is 2. The molecule has 0 saturated heterocycles. The third-order valence-corrected chi connectivity index (χ3v) is 2.30. The lowest BCUT2D eigenvalue weighted by molar-refractivity contribution is -0.394. The Labute approximate surface area is 119 Å². The van der Waals surface area contributed by atoms with Crippen molar-refractivity contribution in [1.29, 1.82) is 0 Å². The second-order valence-electron chi connectivity index (χ2n) is 3.74. The van der Waals surface area contributed by atoms with E-state index in [2.05, 4.69) is 0 Å². The van der Waals surface area contributed by atoms with Crippen LogP contribution in [0.3, 0.4) is 0 Å². The summed E-state index contributed by atoms with van der Waals surface area (Å²) in [5.41, 5.74) is -0.548. The van der Waals surface area contributed by atoms with Crippen LogP contribution in [0.4, 0.5) is 11.4 Å². The average Bonchev–Trinajstić information content (AvgIpc) is 2.48. The van der Waals surface area contributed by atoms with Crippen molar-refractivity contribution in [3.05, 3.63) is 68.8 Å². The van der Waals surface area contributed by atoms with Gasteiger partial charge in [-0.25, -0.2) is 0 Å². The van der Waals surface area contributed by atoms with Gasteiger partial charge < -0.3 is 9.84 Å². The molecule has 0 atom stereocenters. The first-order chi connectivity index (χ1) is 9.93. The maximum absolute atomic E-state index is 10.2. The maximum atomic E-state index is 10.2. The summed E-state index contributed by atoms with van der Waals surface area (Å²) in [4.78, 5) is 19.0. The highest BCUT2D eigenvalue weighted by Crippen LogP contribution is 2.18. The van der Waals surface area contributed by atoms with Crippen LogP contribution in [0.1, 0.15) is 0 Å². The van der Waals surface area contributed by atoms with Crippen LogP contribution in [-0.4, -0.2) is 22.1 Å². The molecule has 0 amide bonds. The summed E-state index contributed by atoms with van der Waals surface area (Å²) >= 11 is 0. The topological polar surface area (TPSA) is 116 Å². The number of aromatic hydroxyl groups is 1. The Hall–Kier alpha value is -3.16. The number of nitro groups is 2. The van der Waals surface area contributed by atoms with Crippen molar-refractivity contribution in [3.63, 3.8) is 0 Å². The number of hydrogen-bond donors (Lipinski definition) is 1. The third-order valence-electron chi connectivity index (χ3n) is 2.30. The van der Waals surface area contributed by atoms with Crippen molar-refractivity contribution < 1.29 is 19.7 Å². The lowest BCUT2D eigenvalue weighted by Gasteiger charge is -1.97. The van der Waals surface area contributed by atoms with E-state index in [1.807, 2.05) is 0 Å². The molecule has 0 aliphatic heterocycles. The standard InChI is InChI=1S/C7H8O2.C6H4N2O4/c1-9-7-4-2-3-6(8)5-7;9-7(10)5-2-1-3-6(4-5)8(11)12/h2-5,8H,1H3;1-4H. The summed E-state index contributed by atoms with van der Waals surface area (Å²) in [6, 6.07) is 11.3. The van der Waals surface area contributed by atoms with Gasteiger partial charge in [-0.2, -0.15) is 0 Å². The van der Waals surface area contributed by atoms with Crippen molar-refractivity contribution >= 4 is 11.4 Å². The molecule has 0 bridgehead atoms. The molecule has 110 valence electrons. The summed E-state index contributed by atoms with van der Waals surface area (Å²) in [7, 11) is 1.56. The van der Waals surface area contributed by atoms with Crippen molar-refractivity contribution in [2.45, 2.75) is 0 Å². The average molecular weight is 292 g/mol. The normalized spacial score (nSPS) is 9.19. The third kappa shape index (κ3) is 5.15. The summed E-state index contributed by atoms with van der Waals surface area (Å²) in [5, 5.41) is 29.2. The molecule has 0 fully saturated rings. The second kappa shape index (κ2) is 7.43. The van der Waals surface area contributed by atoms with E-state index < -0.39 is 9.85 Å². The van der Waals surface area contributed by atoms with Crippen LogP contribution in [0.5, 0.6) is 11.5 Å². The number of nitrogens with zero attached hydrogens (tertiary/aromatic N) is 2. The number of non-ortho nitro benzene ring substituents is 2. The zero-order valence-corrected chi connectivity index (χ0v) is 11.0. The molecular formula is C13H12N2O6. The van der Waals surface area contributed by atoms with Crippen LogP contribution in [0.15, 0.2) is 48.5 Å². The predicted molar refractivity (Wildman–Crippen MR) is 74.4 cm³/mol. The van der Waals surface area contributed by atoms with E-state index in [0.29, 0.717) is 5.75 Å². The molecule has 0 heterocycles. The number of phenols is 1. The van der Waals surface area contributed by atoms with Crippen molar-refractivity contribution in [1.82, 2.24) is 0 Å². The first-order valence-corrected chi connectivity index (χ1v) is 5.66. The molecule has 2 aromatic carbocycles. The fourth-order valence-electron chi connectivity index (χ4n) is 1.33. The molecule has 0 aromatic heterocycles. The van der Waals surface area contributed by atoms with Crippen molar-refractivity contribution in [2.75, 3.05) is 7.11 Å². The zero-order chi connectivity index (χ0) is 15.8. The van der Waals surface area contributed by atoms with E-state index in [9.17, 15) is 20.2 Å². The minimum atomic E-state index is -0.674. The molecule has 2 aromatic rings. The van der Waals surface area contributed by atoms with Crippen LogP contribution in [0, 0.1) is 20.2 Å². The van der Waals surface area contributed by atoms with Gasteiger partial charge in [-0.05, 0) is 18.2 Å². The lowest BCUT2D eigenvalue weighted by Crippen LogP contribution is -1.91. The molecule has 21 heavy (non-hydrogen) atoms. The Balaban J connectivity index is 0.000000219. The molecule has 0 aliphatic carbocycles. The predicted octanol–water partition coefficient (Wildman–Crippen LogP) is 2.90. The fourth-order valence-corrected chi connectivity index (χ4v) is 1.33. The Morgan fingerprint density at radius 3 is 1.86 bits per heavy atom. The number of phenolic OH excluding ortho intramolecular Hbond substituents is 1. The van der Waals surface area contributed by atoms with E-state index in [1.165, 1.54) is 18.2 Å². The zero-order valence-electron chi connectivity index (χ0n) is 11.0. The number of benzene rings is 2. The Kier molecular flexibility index (Phi) is 5.63. The number of ether oxygens (including phenoxy) is 1. The second-order valence-corrected chi connectivity index (χ2v) is 3.74. The molecule has 1 N–H and O–H groups in total. The van der Waals surface area contributed by atoms with Gasteiger partial charge >= 0.3 is 0 Å². The maximum Gasteiger partial charge on any atom is 0.276 e. The summed E-state index contributed by atoms with van der Waals surface area (Å²) in [6.07, 6.45) is 0. The molecule has 0 aliphatic rings. The highest BCUT2D eigenvalue weighted by atomic mass is 16.6. The molecule has 0 spiro atoms. The van der Waals surface area contributed by atoms with E-state index in [0.717, 1.165) is 6.07 Å².